The van der Waals surface area contributed by atoms with Crippen molar-refractivity contribution in [2.75, 3.05) is 26.2 Å². The van der Waals surface area contributed by atoms with E-state index < -0.39 is 0 Å². The average molecular weight is 308 g/mol. The van der Waals surface area contributed by atoms with Gasteiger partial charge in [0.05, 0.1) is 6.04 Å². The van der Waals surface area contributed by atoms with E-state index in [4.69, 9.17) is 17.3 Å². The molecular formula is C17H26ClN3. The molecule has 3 atom stereocenters. The van der Waals surface area contributed by atoms with Crippen LogP contribution in [0.15, 0.2) is 24.3 Å². The minimum Gasteiger partial charge on any atom is -0.326 e. The van der Waals surface area contributed by atoms with Gasteiger partial charge < -0.3 is 5.73 Å². The molecule has 4 heteroatoms. The van der Waals surface area contributed by atoms with Gasteiger partial charge in [0, 0.05) is 36.7 Å². The molecule has 0 saturated carbocycles. The lowest BCUT2D eigenvalue weighted by molar-refractivity contribution is 0.0220. The molecule has 0 aliphatic carbocycles. The Morgan fingerprint density at radius 2 is 2.00 bits per heavy atom. The number of nitrogens with zero attached hydrogens (tertiary/aromatic N) is 2. The molecule has 2 heterocycles. The molecule has 3 unspecified atom stereocenters. The average Bonchev–Trinajstić information content (AvgIpc) is 2.49. The van der Waals surface area contributed by atoms with E-state index in [0.717, 1.165) is 18.1 Å². The van der Waals surface area contributed by atoms with E-state index in [1.165, 1.54) is 37.9 Å². The Morgan fingerprint density at radius 1 is 1.19 bits per heavy atom. The molecule has 0 bridgehead atoms. The third-order valence-corrected chi connectivity index (χ3v) is 5.33. The highest BCUT2D eigenvalue weighted by Gasteiger charge is 2.34. The van der Waals surface area contributed by atoms with Crippen LogP contribution >= 0.6 is 11.6 Å². The highest BCUT2D eigenvalue weighted by Crippen LogP contribution is 2.32. The molecule has 3 nitrogen and oxygen atoms in total. The summed E-state index contributed by atoms with van der Waals surface area (Å²) in [6, 6.07) is 9.17. The molecule has 2 aliphatic rings. The van der Waals surface area contributed by atoms with Gasteiger partial charge in [0.1, 0.15) is 0 Å². The lowest BCUT2D eigenvalue weighted by atomic mass is 9.94. The van der Waals surface area contributed by atoms with E-state index in [1.54, 1.807) is 0 Å². The van der Waals surface area contributed by atoms with Gasteiger partial charge in [-0.25, -0.2) is 0 Å². The number of piperazine rings is 1. The number of rotatable bonds is 3. The first-order chi connectivity index (χ1) is 10.2. The van der Waals surface area contributed by atoms with Crippen LogP contribution in [0.25, 0.3) is 0 Å². The number of benzene rings is 1. The van der Waals surface area contributed by atoms with Crippen LogP contribution < -0.4 is 5.73 Å². The maximum atomic E-state index is 6.43. The maximum absolute atomic E-state index is 6.43. The normalized spacial score (nSPS) is 27.1. The molecule has 1 aromatic carbocycles. The SMILES string of the molecule is CC(N)C(c1ccccc1Cl)N1CCN2CCCCC2C1. The molecule has 2 fully saturated rings. The maximum Gasteiger partial charge on any atom is 0.0512 e. The number of hydrogen-bond donors (Lipinski definition) is 1. The minimum atomic E-state index is 0.0834. The molecule has 21 heavy (non-hydrogen) atoms. The second-order valence-corrected chi connectivity index (χ2v) is 6.91. The molecule has 0 spiro atoms. The fourth-order valence-electron chi connectivity index (χ4n) is 3.96. The van der Waals surface area contributed by atoms with Crippen LogP contribution in [-0.4, -0.2) is 48.1 Å². The highest BCUT2D eigenvalue weighted by molar-refractivity contribution is 6.31. The zero-order chi connectivity index (χ0) is 14.8. The van der Waals surface area contributed by atoms with Crippen molar-refractivity contribution in [1.82, 2.24) is 9.80 Å². The summed E-state index contributed by atoms with van der Waals surface area (Å²) in [7, 11) is 0. The number of piperidine rings is 1. The molecule has 1 aromatic rings. The van der Waals surface area contributed by atoms with E-state index in [9.17, 15) is 0 Å². The summed E-state index contributed by atoms with van der Waals surface area (Å²) in [6.07, 6.45) is 4.05. The van der Waals surface area contributed by atoms with E-state index in [2.05, 4.69) is 28.9 Å². The lowest BCUT2D eigenvalue weighted by Gasteiger charge is -2.47. The first-order valence-electron chi connectivity index (χ1n) is 8.15. The zero-order valence-electron chi connectivity index (χ0n) is 12.8. The fourth-order valence-corrected chi connectivity index (χ4v) is 4.21. The van der Waals surface area contributed by atoms with Gasteiger partial charge in [0.15, 0.2) is 0 Å². The van der Waals surface area contributed by atoms with Crippen LogP contribution in [0.1, 0.15) is 37.8 Å². The summed E-state index contributed by atoms with van der Waals surface area (Å²) in [6.45, 7) is 6.75. The van der Waals surface area contributed by atoms with Gasteiger partial charge >= 0.3 is 0 Å². The Labute approximate surface area is 133 Å². The molecular weight excluding hydrogens is 282 g/mol. The summed E-state index contributed by atoms with van der Waals surface area (Å²) in [5, 5.41) is 0.839. The third kappa shape index (κ3) is 3.26. The van der Waals surface area contributed by atoms with Crippen LogP contribution in [0.4, 0.5) is 0 Å². The Morgan fingerprint density at radius 3 is 2.76 bits per heavy atom. The largest absolute Gasteiger partial charge is 0.326 e. The number of halogens is 1. The van der Waals surface area contributed by atoms with Crippen molar-refractivity contribution in [3.8, 4) is 0 Å². The van der Waals surface area contributed by atoms with Crippen molar-refractivity contribution in [3.05, 3.63) is 34.9 Å². The summed E-state index contributed by atoms with van der Waals surface area (Å²) < 4.78 is 0. The van der Waals surface area contributed by atoms with Gasteiger partial charge in [-0.2, -0.15) is 0 Å². The number of fused-ring (bicyclic) bond motifs is 1. The Balaban J connectivity index is 1.80. The van der Waals surface area contributed by atoms with Gasteiger partial charge in [-0.3, -0.25) is 9.80 Å². The quantitative estimate of drug-likeness (QED) is 0.932. The van der Waals surface area contributed by atoms with Crippen LogP contribution in [0.5, 0.6) is 0 Å². The minimum absolute atomic E-state index is 0.0834. The second kappa shape index (κ2) is 6.66. The molecule has 0 amide bonds. The Kier molecular flexibility index (Phi) is 4.85. The summed E-state index contributed by atoms with van der Waals surface area (Å²) in [4.78, 5) is 5.21. The molecule has 0 radical (unpaired) electrons. The smallest absolute Gasteiger partial charge is 0.0512 e. The molecule has 2 saturated heterocycles. The van der Waals surface area contributed by atoms with Crippen molar-refractivity contribution in [3.63, 3.8) is 0 Å². The van der Waals surface area contributed by atoms with Gasteiger partial charge in [0.25, 0.3) is 0 Å². The first kappa shape index (κ1) is 15.3. The van der Waals surface area contributed by atoms with Crippen LogP contribution in [0.2, 0.25) is 5.02 Å². The monoisotopic (exact) mass is 307 g/mol. The van der Waals surface area contributed by atoms with Crippen molar-refractivity contribution in [2.45, 2.75) is 44.3 Å². The zero-order valence-corrected chi connectivity index (χ0v) is 13.6. The molecule has 3 rings (SSSR count). The van der Waals surface area contributed by atoms with E-state index in [1.807, 2.05) is 12.1 Å². The summed E-state index contributed by atoms with van der Waals surface area (Å²) in [5.74, 6) is 0. The predicted molar refractivity (Wildman–Crippen MR) is 88.6 cm³/mol. The Hall–Kier alpha value is -0.610. The van der Waals surface area contributed by atoms with Crippen molar-refractivity contribution in [1.29, 1.82) is 0 Å². The van der Waals surface area contributed by atoms with Gasteiger partial charge in [-0.1, -0.05) is 36.2 Å². The Bertz CT molecular complexity index is 477. The van der Waals surface area contributed by atoms with Gasteiger partial charge in [-0.15, -0.1) is 0 Å². The second-order valence-electron chi connectivity index (χ2n) is 6.51. The molecule has 2 aliphatic heterocycles. The number of hydrogen-bond acceptors (Lipinski definition) is 3. The predicted octanol–water partition coefficient (Wildman–Crippen LogP) is 2.90. The topological polar surface area (TPSA) is 32.5 Å². The summed E-state index contributed by atoms with van der Waals surface area (Å²) >= 11 is 6.43. The number of nitrogens with two attached hydrogens (primary N) is 1. The lowest BCUT2D eigenvalue weighted by Crippen LogP contribution is -2.57. The van der Waals surface area contributed by atoms with Gasteiger partial charge in [0.2, 0.25) is 0 Å². The van der Waals surface area contributed by atoms with Gasteiger partial charge in [-0.05, 0) is 37.9 Å². The first-order valence-corrected chi connectivity index (χ1v) is 8.52. The van der Waals surface area contributed by atoms with Crippen LogP contribution in [0.3, 0.4) is 0 Å². The fraction of sp³-hybridized carbons (Fsp3) is 0.647. The highest BCUT2D eigenvalue weighted by atomic mass is 35.5. The standard InChI is InChI=1S/C17H26ClN3/c1-13(19)17(15-7-2-3-8-16(15)18)21-11-10-20-9-5-4-6-14(20)12-21/h2-3,7-8,13-14,17H,4-6,9-12,19H2,1H3. The third-order valence-electron chi connectivity index (χ3n) is 4.98. The van der Waals surface area contributed by atoms with Crippen molar-refractivity contribution >= 4 is 11.6 Å². The van der Waals surface area contributed by atoms with E-state index in [-0.39, 0.29) is 12.1 Å². The van der Waals surface area contributed by atoms with Crippen molar-refractivity contribution < 1.29 is 0 Å². The van der Waals surface area contributed by atoms with E-state index in [0.29, 0.717) is 6.04 Å². The molecule has 2 N–H and O–H groups in total. The molecule has 0 aromatic heterocycles. The molecule has 116 valence electrons. The van der Waals surface area contributed by atoms with Crippen molar-refractivity contribution in [2.24, 2.45) is 5.73 Å². The van der Waals surface area contributed by atoms with E-state index >= 15 is 0 Å². The summed E-state index contributed by atoms with van der Waals surface area (Å²) in [5.41, 5.74) is 7.50. The van der Waals surface area contributed by atoms with Crippen LogP contribution in [0, 0.1) is 0 Å². The van der Waals surface area contributed by atoms with Crippen LogP contribution in [-0.2, 0) is 0 Å².